The number of aromatic hydroxyl groups is 1. The van der Waals surface area contributed by atoms with E-state index in [0.717, 1.165) is 5.56 Å². The summed E-state index contributed by atoms with van der Waals surface area (Å²) in [6.45, 7) is 4.21. The second-order valence-corrected chi connectivity index (χ2v) is 4.74. The van der Waals surface area contributed by atoms with E-state index in [1.165, 1.54) is 25.5 Å². The molecule has 0 fully saturated rings. The molecule has 0 bridgehead atoms. The van der Waals surface area contributed by atoms with Crippen molar-refractivity contribution in [1.29, 1.82) is 5.26 Å². The molecule has 0 saturated carbocycles. The van der Waals surface area contributed by atoms with Gasteiger partial charge in [0.15, 0.2) is 11.5 Å². The number of furan rings is 1. The lowest BCUT2D eigenvalue weighted by Crippen LogP contribution is -2.23. The molecule has 1 aromatic carbocycles. The number of rotatable bonds is 6. The molecule has 0 spiro atoms. The maximum atomic E-state index is 11.9. The van der Waals surface area contributed by atoms with Crippen molar-refractivity contribution in [3.8, 4) is 17.6 Å². The third-order valence-electron chi connectivity index (χ3n) is 3.12. The lowest BCUT2D eigenvalue weighted by Gasteiger charge is -2.03. The molecular formula is C20H22N2O4. The second-order valence-electron chi connectivity index (χ2n) is 4.74. The normalized spacial score (nSPS) is 10.6. The average Bonchev–Trinajstić information content (AvgIpc) is 3.20. The second kappa shape index (κ2) is 11.2. The Morgan fingerprint density at radius 2 is 2.15 bits per heavy atom. The van der Waals surface area contributed by atoms with Crippen molar-refractivity contribution in [1.82, 2.24) is 5.32 Å². The molecule has 0 radical (unpaired) electrons. The topological polar surface area (TPSA) is 95.5 Å². The van der Waals surface area contributed by atoms with Crippen LogP contribution in [0.3, 0.4) is 0 Å². The summed E-state index contributed by atoms with van der Waals surface area (Å²) in [4.78, 5) is 11.9. The van der Waals surface area contributed by atoms with Crippen molar-refractivity contribution in [2.45, 2.75) is 20.4 Å². The summed E-state index contributed by atoms with van der Waals surface area (Å²) in [5, 5.41) is 21.2. The van der Waals surface area contributed by atoms with Crippen LogP contribution < -0.4 is 10.1 Å². The van der Waals surface area contributed by atoms with Crippen molar-refractivity contribution >= 4 is 12.0 Å². The fraction of sp³-hybridized carbons (Fsp3) is 0.200. The van der Waals surface area contributed by atoms with Gasteiger partial charge in [0.1, 0.15) is 17.4 Å². The molecule has 2 rings (SSSR count). The molecule has 0 aliphatic heterocycles. The Morgan fingerprint density at radius 1 is 1.38 bits per heavy atom. The highest BCUT2D eigenvalue weighted by Gasteiger charge is 2.08. The van der Waals surface area contributed by atoms with Crippen molar-refractivity contribution < 1.29 is 19.1 Å². The highest BCUT2D eigenvalue weighted by Crippen LogP contribution is 2.26. The van der Waals surface area contributed by atoms with E-state index in [2.05, 4.69) is 5.32 Å². The van der Waals surface area contributed by atoms with Gasteiger partial charge in [0.25, 0.3) is 5.91 Å². The van der Waals surface area contributed by atoms with E-state index in [4.69, 9.17) is 14.4 Å². The molecule has 0 saturated heterocycles. The number of phenols is 1. The van der Waals surface area contributed by atoms with E-state index >= 15 is 0 Å². The molecule has 2 N–H and O–H groups in total. The van der Waals surface area contributed by atoms with Crippen LogP contribution in [0.25, 0.3) is 6.08 Å². The van der Waals surface area contributed by atoms with E-state index in [0.29, 0.717) is 11.5 Å². The monoisotopic (exact) mass is 354 g/mol. The van der Waals surface area contributed by atoms with Crippen LogP contribution in [0.4, 0.5) is 0 Å². The highest BCUT2D eigenvalue weighted by atomic mass is 16.5. The fourth-order valence-electron chi connectivity index (χ4n) is 1.89. The number of carbonyl (C=O) groups is 1. The molecule has 0 unspecified atom stereocenters. The summed E-state index contributed by atoms with van der Waals surface area (Å²) >= 11 is 0. The van der Waals surface area contributed by atoms with Crippen LogP contribution in [0.15, 0.2) is 58.7 Å². The summed E-state index contributed by atoms with van der Waals surface area (Å²) in [7, 11) is 1.46. The van der Waals surface area contributed by atoms with Gasteiger partial charge in [-0.25, -0.2) is 0 Å². The minimum atomic E-state index is -0.484. The third kappa shape index (κ3) is 6.21. The molecule has 1 heterocycles. The zero-order chi connectivity index (χ0) is 19.4. The molecular weight excluding hydrogens is 332 g/mol. The summed E-state index contributed by atoms with van der Waals surface area (Å²) in [6.07, 6.45) is 6.20. The van der Waals surface area contributed by atoms with E-state index in [9.17, 15) is 9.90 Å². The van der Waals surface area contributed by atoms with Gasteiger partial charge >= 0.3 is 0 Å². The number of phenolic OH excluding ortho intramolecular Hbond substituents is 1. The fourth-order valence-corrected chi connectivity index (χ4v) is 1.89. The average molecular weight is 354 g/mol. The molecule has 136 valence electrons. The maximum Gasteiger partial charge on any atom is 0.262 e. The van der Waals surface area contributed by atoms with E-state index < -0.39 is 5.91 Å². The van der Waals surface area contributed by atoms with Crippen LogP contribution in [0, 0.1) is 11.3 Å². The van der Waals surface area contributed by atoms with Crippen LogP contribution in [0.2, 0.25) is 0 Å². The number of nitriles is 1. The van der Waals surface area contributed by atoms with E-state index in [-0.39, 0.29) is 17.9 Å². The number of nitrogens with one attached hydrogen (secondary N) is 1. The molecule has 26 heavy (non-hydrogen) atoms. The van der Waals surface area contributed by atoms with Crippen LogP contribution >= 0.6 is 0 Å². The Balaban J connectivity index is 0.00000163. The minimum absolute atomic E-state index is 0.0245. The quantitative estimate of drug-likeness (QED) is 0.467. The van der Waals surface area contributed by atoms with Crippen LogP contribution in [-0.2, 0) is 11.3 Å². The van der Waals surface area contributed by atoms with Gasteiger partial charge in [-0.15, -0.1) is 0 Å². The van der Waals surface area contributed by atoms with Gasteiger partial charge in [-0.05, 0) is 35.9 Å². The number of amides is 1. The molecule has 1 amide bonds. The zero-order valence-electron chi connectivity index (χ0n) is 15.0. The van der Waals surface area contributed by atoms with Gasteiger partial charge in [-0.3, -0.25) is 4.79 Å². The number of methoxy groups -OCH3 is 1. The van der Waals surface area contributed by atoms with Crippen molar-refractivity contribution in [2.75, 3.05) is 7.11 Å². The number of carbonyl (C=O) groups excluding carboxylic acids is 1. The Hall–Kier alpha value is -3.46. The van der Waals surface area contributed by atoms with Crippen molar-refractivity contribution in [2.24, 2.45) is 0 Å². The van der Waals surface area contributed by atoms with Gasteiger partial charge < -0.3 is 19.6 Å². The number of ether oxygens (including phenoxy) is 1. The number of allylic oxidation sites excluding steroid dienone is 2. The zero-order valence-corrected chi connectivity index (χ0v) is 15.0. The minimum Gasteiger partial charge on any atom is -0.504 e. The third-order valence-corrected chi connectivity index (χ3v) is 3.12. The summed E-state index contributed by atoms with van der Waals surface area (Å²) in [5.41, 5.74) is 0.734. The van der Waals surface area contributed by atoms with E-state index in [1.807, 2.05) is 19.9 Å². The summed E-state index contributed by atoms with van der Waals surface area (Å²) in [5.74, 6) is 0.507. The van der Waals surface area contributed by atoms with Gasteiger partial charge in [0, 0.05) is 0 Å². The Kier molecular flexibility index (Phi) is 8.83. The first-order valence-electron chi connectivity index (χ1n) is 8.10. The molecule has 6 heteroatoms. The maximum absolute atomic E-state index is 11.9. The first-order chi connectivity index (χ1) is 12.6. The molecule has 0 aliphatic rings. The van der Waals surface area contributed by atoms with E-state index in [1.54, 1.807) is 36.4 Å². The van der Waals surface area contributed by atoms with Crippen molar-refractivity contribution in [3.63, 3.8) is 0 Å². The largest absolute Gasteiger partial charge is 0.504 e. The van der Waals surface area contributed by atoms with Gasteiger partial charge in [-0.2, -0.15) is 5.26 Å². The summed E-state index contributed by atoms with van der Waals surface area (Å²) < 4.78 is 10.1. The predicted molar refractivity (Wildman–Crippen MR) is 99.3 cm³/mol. The Morgan fingerprint density at radius 3 is 2.77 bits per heavy atom. The number of hydrogen-bond acceptors (Lipinski definition) is 5. The number of benzene rings is 1. The predicted octanol–water partition coefficient (Wildman–Crippen LogP) is 3.80. The van der Waals surface area contributed by atoms with Gasteiger partial charge in [0.2, 0.25) is 0 Å². The van der Waals surface area contributed by atoms with Crippen LogP contribution in [0.1, 0.15) is 25.2 Å². The number of hydrogen-bond donors (Lipinski definition) is 2. The standard InChI is InChI=1S/C18H16N2O4.C2H6/c1-23-17-10-13(7-8-16(17)21)4-2-5-14(11-19)18(22)20-12-15-6-3-9-24-15;1-2/h2-10,21H,12H2,1H3,(H,20,22);1-2H3/b4-2+,14-5+;. The van der Waals surface area contributed by atoms with Crippen molar-refractivity contribution in [3.05, 3.63) is 65.6 Å². The molecule has 0 atom stereocenters. The Bertz CT molecular complexity index is 800. The molecule has 0 aliphatic carbocycles. The summed E-state index contributed by atoms with van der Waals surface area (Å²) in [6, 6.07) is 10.1. The Labute approximate surface area is 153 Å². The number of nitrogens with zero attached hydrogens (tertiary/aromatic N) is 1. The lowest BCUT2D eigenvalue weighted by molar-refractivity contribution is -0.117. The molecule has 6 nitrogen and oxygen atoms in total. The smallest absolute Gasteiger partial charge is 0.262 e. The molecule has 1 aromatic heterocycles. The van der Waals surface area contributed by atoms with Crippen LogP contribution in [0.5, 0.6) is 11.5 Å². The van der Waals surface area contributed by atoms with Gasteiger partial charge in [0.05, 0.1) is 19.9 Å². The SMILES string of the molecule is CC.COc1cc(/C=C/C=C(\C#N)C(=O)NCc2ccco2)ccc1O. The lowest BCUT2D eigenvalue weighted by atomic mass is 10.1. The first kappa shape index (κ1) is 20.6. The van der Waals surface area contributed by atoms with Crippen LogP contribution in [-0.4, -0.2) is 18.1 Å². The first-order valence-corrected chi connectivity index (χ1v) is 8.10. The van der Waals surface area contributed by atoms with Gasteiger partial charge in [-0.1, -0.05) is 32.1 Å². The molecule has 2 aromatic rings. The highest BCUT2D eigenvalue weighted by molar-refractivity contribution is 5.97.